The Labute approximate surface area is 220 Å². The van der Waals surface area contributed by atoms with Crippen molar-refractivity contribution in [3.63, 3.8) is 0 Å². The SMILES string of the molecule is COc1ccc(-n2c(=O)cc(C#C[Si](C(C)C)(C(C)C)C(C)C)c3cnc(S(C)(=O)=O)nc32)c(OC)c1. The molecule has 0 aliphatic rings. The highest BCUT2D eigenvalue weighted by Gasteiger charge is 2.41. The molecule has 0 atom stereocenters. The number of nitrogens with zero attached hydrogens (tertiary/aromatic N) is 3. The lowest BCUT2D eigenvalue weighted by Gasteiger charge is -2.38. The fourth-order valence-corrected chi connectivity index (χ4v) is 10.9. The van der Waals surface area contributed by atoms with E-state index in [0.717, 1.165) is 6.26 Å². The Balaban J connectivity index is 2.44. The van der Waals surface area contributed by atoms with Crippen LogP contribution in [-0.4, -0.2) is 51.5 Å². The van der Waals surface area contributed by atoms with Gasteiger partial charge in [-0.25, -0.2) is 13.4 Å². The van der Waals surface area contributed by atoms with Gasteiger partial charge in [-0.2, -0.15) is 4.98 Å². The van der Waals surface area contributed by atoms with E-state index < -0.39 is 23.5 Å². The summed E-state index contributed by atoms with van der Waals surface area (Å²) in [5, 5.41) is 0.109. The van der Waals surface area contributed by atoms with E-state index in [-0.39, 0.29) is 10.8 Å². The fourth-order valence-electron chi connectivity index (χ4n) is 5.18. The molecule has 0 aliphatic heterocycles. The molecule has 0 fully saturated rings. The normalized spacial score (nSPS) is 12.2. The maximum Gasteiger partial charge on any atom is 0.258 e. The molecule has 0 radical (unpaired) electrons. The van der Waals surface area contributed by atoms with Crippen molar-refractivity contribution in [2.75, 3.05) is 20.5 Å². The van der Waals surface area contributed by atoms with E-state index in [1.165, 1.54) is 31.0 Å². The van der Waals surface area contributed by atoms with E-state index >= 15 is 0 Å². The maximum absolute atomic E-state index is 13.6. The summed E-state index contributed by atoms with van der Waals surface area (Å²) in [5.74, 6) is 4.23. The molecular formula is C27H35N3O5SSi. The molecule has 0 amide bonds. The Morgan fingerprint density at radius 1 is 0.973 bits per heavy atom. The predicted octanol–water partition coefficient (Wildman–Crippen LogP) is 4.77. The first-order valence-electron chi connectivity index (χ1n) is 12.2. The molecule has 2 aromatic heterocycles. The van der Waals surface area contributed by atoms with Crippen molar-refractivity contribution < 1.29 is 17.9 Å². The molecule has 8 nitrogen and oxygen atoms in total. The number of hydrogen-bond donors (Lipinski definition) is 0. The van der Waals surface area contributed by atoms with Crippen LogP contribution in [0.2, 0.25) is 16.6 Å². The molecular weight excluding hydrogens is 506 g/mol. The summed E-state index contributed by atoms with van der Waals surface area (Å²) in [4.78, 5) is 22.0. The van der Waals surface area contributed by atoms with Crippen LogP contribution >= 0.6 is 0 Å². The molecule has 0 saturated carbocycles. The van der Waals surface area contributed by atoms with E-state index in [1.54, 1.807) is 18.2 Å². The summed E-state index contributed by atoms with van der Waals surface area (Å²) < 4.78 is 36.7. The van der Waals surface area contributed by atoms with E-state index in [0.29, 0.717) is 44.8 Å². The van der Waals surface area contributed by atoms with Gasteiger partial charge in [-0.05, 0) is 28.8 Å². The molecule has 37 heavy (non-hydrogen) atoms. The lowest BCUT2D eigenvalue weighted by molar-refractivity contribution is 0.393. The zero-order valence-corrected chi connectivity index (χ0v) is 24.7. The maximum atomic E-state index is 13.6. The van der Waals surface area contributed by atoms with Gasteiger partial charge in [0.15, 0.2) is 5.65 Å². The highest BCUT2D eigenvalue weighted by atomic mass is 32.2. The standard InChI is InChI=1S/C27H35N3O5SSi/c1-17(2)37(18(3)4,19(5)6)13-12-20-14-25(31)30(23-11-10-21(34-7)15-24(23)35-8)26-22(20)16-28-27(29-26)36(9,32)33/h10-11,14-19H,1-9H3. The Kier molecular flexibility index (Phi) is 8.20. The summed E-state index contributed by atoms with van der Waals surface area (Å²) >= 11 is 0. The fraction of sp³-hybridized carbons (Fsp3) is 0.444. The number of hydrogen-bond acceptors (Lipinski definition) is 7. The predicted molar refractivity (Wildman–Crippen MR) is 149 cm³/mol. The monoisotopic (exact) mass is 541 g/mol. The van der Waals surface area contributed by atoms with Gasteiger partial charge in [0.05, 0.1) is 25.3 Å². The lowest BCUT2D eigenvalue weighted by atomic mass is 10.1. The first-order valence-corrected chi connectivity index (χ1v) is 16.3. The molecule has 0 bridgehead atoms. The quantitative estimate of drug-likeness (QED) is 0.241. The van der Waals surface area contributed by atoms with Crippen LogP contribution in [0.3, 0.4) is 0 Å². The van der Waals surface area contributed by atoms with Crippen molar-refractivity contribution in [3.05, 3.63) is 46.4 Å². The third-order valence-corrected chi connectivity index (χ3v) is 14.1. The topological polar surface area (TPSA) is 100 Å². The smallest absolute Gasteiger partial charge is 0.258 e. The van der Waals surface area contributed by atoms with E-state index in [2.05, 4.69) is 63.0 Å². The second kappa shape index (κ2) is 10.7. The van der Waals surface area contributed by atoms with Crippen LogP contribution in [0.1, 0.15) is 47.1 Å². The van der Waals surface area contributed by atoms with Gasteiger partial charge in [0.1, 0.15) is 19.6 Å². The summed E-state index contributed by atoms with van der Waals surface area (Å²) in [6, 6.07) is 6.47. The van der Waals surface area contributed by atoms with Crippen molar-refractivity contribution >= 4 is 28.9 Å². The Morgan fingerprint density at radius 3 is 2.11 bits per heavy atom. The van der Waals surface area contributed by atoms with Crippen LogP contribution in [0.4, 0.5) is 0 Å². The van der Waals surface area contributed by atoms with Gasteiger partial charge >= 0.3 is 0 Å². The van der Waals surface area contributed by atoms with Gasteiger partial charge in [0, 0.05) is 30.1 Å². The molecule has 3 aromatic rings. The molecule has 0 saturated heterocycles. The van der Waals surface area contributed by atoms with Gasteiger partial charge < -0.3 is 9.47 Å². The van der Waals surface area contributed by atoms with Crippen molar-refractivity contribution in [2.24, 2.45) is 0 Å². The van der Waals surface area contributed by atoms with Crippen LogP contribution < -0.4 is 15.0 Å². The van der Waals surface area contributed by atoms with Gasteiger partial charge in [-0.1, -0.05) is 47.5 Å². The average molecular weight is 542 g/mol. The zero-order valence-electron chi connectivity index (χ0n) is 22.9. The largest absolute Gasteiger partial charge is 0.497 e. The van der Waals surface area contributed by atoms with Crippen LogP contribution in [-0.2, 0) is 9.84 Å². The molecule has 0 N–H and O–H groups in total. The number of aromatic nitrogens is 3. The second-order valence-electron chi connectivity index (χ2n) is 10.1. The molecule has 198 valence electrons. The van der Waals surface area contributed by atoms with Gasteiger partial charge in [-0.3, -0.25) is 9.36 Å². The van der Waals surface area contributed by atoms with Gasteiger partial charge in [-0.15, -0.1) is 5.54 Å². The molecule has 3 rings (SSSR count). The van der Waals surface area contributed by atoms with E-state index in [1.807, 2.05) is 0 Å². The number of sulfone groups is 1. The highest BCUT2D eigenvalue weighted by Crippen LogP contribution is 2.41. The van der Waals surface area contributed by atoms with Crippen molar-refractivity contribution in [3.8, 4) is 28.7 Å². The number of methoxy groups -OCH3 is 2. The minimum absolute atomic E-state index is 0.140. The van der Waals surface area contributed by atoms with Crippen molar-refractivity contribution in [1.82, 2.24) is 14.5 Å². The molecule has 0 spiro atoms. The first kappa shape index (κ1) is 28.4. The third-order valence-electron chi connectivity index (χ3n) is 6.98. The van der Waals surface area contributed by atoms with Crippen LogP contribution in [0.5, 0.6) is 11.5 Å². The number of benzene rings is 1. The summed E-state index contributed by atoms with van der Waals surface area (Å²) in [7, 11) is -2.82. The third kappa shape index (κ3) is 5.29. The molecule has 0 aliphatic carbocycles. The van der Waals surface area contributed by atoms with Crippen molar-refractivity contribution in [1.29, 1.82) is 0 Å². The van der Waals surface area contributed by atoms with Crippen molar-refractivity contribution in [2.45, 2.75) is 63.3 Å². The highest BCUT2D eigenvalue weighted by molar-refractivity contribution is 7.90. The summed E-state index contributed by atoms with van der Waals surface area (Å²) in [5.41, 5.74) is 5.45. The first-order chi connectivity index (χ1) is 17.3. The number of rotatable bonds is 7. The minimum Gasteiger partial charge on any atom is -0.497 e. The van der Waals surface area contributed by atoms with Crippen LogP contribution in [0.25, 0.3) is 16.7 Å². The second-order valence-corrected chi connectivity index (χ2v) is 17.6. The lowest BCUT2D eigenvalue weighted by Crippen LogP contribution is -2.43. The average Bonchev–Trinajstić information content (AvgIpc) is 2.82. The number of fused-ring (bicyclic) bond motifs is 1. The number of ether oxygens (including phenoxy) is 2. The Bertz CT molecular complexity index is 1530. The molecule has 10 heteroatoms. The summed E-state index contributed by atoms with van der Waals surface area (Å²) in [6.07, 6.45) is 2.46. The Morgan fingerprint density at radius 2 is 1.59 bits per heavy atom. The van der Waals surface area contributed by atoms with Gasteiger partial charge in [0.25, 0.3) is 5.56 Å². The van der Waals surface area contributed by atoms with Crippen LogP contribution in [0, 0.1) is 11.5 Å². The minimum atomic E-state index is -3.73. The van der Waals surface area contributed by atoms with Gasteiger partial charge in [0.2, 0.25) is 15.0 Å². The Hall–Kier alpha value is -3.16. The zero-order chi connectivity index (χ0) is 27.7. The molecule has 2 heterocycles. The molecule has 1 aromatic carbocycles. The van der Waals surface area contributed by atoms with E-state index in [9.17, 15) is 13.2 Å². The van der Waals surface area contributed by atoms with E-state index in [4.69, 9.17) is 9.47 Å². The molecule has 0 unspecified atom stereocenters. The number of pyridine rings is 1. The summed E-state index contributed by atoms with van der Waals surface area (Å²) in [6.45, 7) is 13.3. The van der Waals surface area contributed by atoms with Crippen LogP contribution in [0.15, 0.2) is 40.4 Å².